The van der Waals surface area contributed by atoms with Gasteiger partial charge >= 0.3 is 0 Å². The lowest BCUT2D eigenvalue weighted by Gasteiger charge is -2.45. The molecule has 2 aromatic carbocycles. The fraction of sp³-hybridized carbons (Fsp3) is 0.381. The molecule has 2 saturated heterocycles. The van der Waals surface area contributed by atoms with Crippen LogP contribution in [0, 0.1) is 6.92 Å². The van der Waals surface area contributed by atoms with Gasteiger partial charge in [0.15, 0.2) is 0 Å². The van der Waals surface area contributed by atoms with E-state index in [0.29, 0.717) is 24.4 Å². The third kappa shape index (κ3) is 3.88. The molecule has 2 aliphatic rings. The summed E-state index contributed by atoms with van der Waals surface area (Å²) in [5, 5.41) is 0. The second-order valence-electron chi connectivity index (χ2n) is 7.43. The summed E-state index contributed by atoms with van der Waals surface area (Å²) in [4.78, 5) is 15.0. The van der Waals surface area contributed by atoms with Crippen LogP contribution in [0.25, 0.3) is 0 Å². The minimum Gasteiger partial charge on any atom is -0.496 e. The maximum Gasteiger partial charge on any atom is 0.257 e. The number of nitrogens with zero attached hydrogens (tertiary/aromatic N) is 2. The number of benzene rings is 2. The molecule has 2 heterocycles. The summed E-state index contributed by atoms with van der Waals surface area (Å²) >= 11 is 0. The van der Waals surface area contributed by atoms with Crippen LogP contribution in [0.1, 0.15) is 15.9 Å². The predicted octanol–water partition coefficient (Wildman–Crippen LogP) is 1.92. The van der Waals surface area contributed by atoms with Crippen molar-refractivity contribution in [3.05, 3.63) is 59.7 Å². The number of fused-ring (bicyclic) bond motifs is 2. The number of para-hydroxylation sites is 1. The third-order valence-corrected chi connectivity index (χ3v) is 7.18. The number of methoxy groups -OCH3 is 1. The summed E-state index contributed by atoms with van der Waals surface area (Å²) in [7, 11) is -2.06. The Balaban J connectivity index is 1.50. The predicted molar refractivity (Wildman–Crippen MR) is 107 cm³/mol. The first-order valence-electron chi connectivity index (χ1n) is 9.53. The monoisotopic (exact) mass is 416 g/mol. The largest absolute Gasteiger partial charge is 0.496 e. The molecule has 0 spiro atoms. The van der Waals surface area contributed by atoms with E-state index in [9.17, 15) is 13.2 Å². The molecular formula is C21H24N2O5S. The molecule has 0 N–H and O–H groups in total. The topological polar surface area (TPSA) is 76.2 Å². The fourth-order valence-electron chi connectivity index (χ4n) is 3.87. The zero-order valence-electron chi connectivity index (χ0n) is 16.4. The van der Waals surface area contributed by atoms with Gasteiger partial charge in [0.1, 0.15) is 5.75 Å². The number of ether oxygens (including phenoxy) is 2. The van der Waals surface area contributed by atoms with Crippen LogP contribution in [0.3, 0.4) is 0 Å². The van der Waals surface area contributed by atoms with Crippen molar-refractivity contribution in [3.63, 3.8) is 0 Å². The number of hydrogen-bond donors (Lipinski definition) is 0. The van der Waals surface area contributed by atoms with E-state index in [-0.39, 0.29) is 36.1 Å². The molecule has 0 radical (unpaired) electrons. The van der Waals surface area contributed by atoms with Gasteiger partial charge in [0.25, 0.3) is 5.91 Å². The van der Waals surface area contributed by atoms with E-state index < -0.39 is 10.0 Å². The molecule has 7 nitrogen and oxygen atoms in total. The number of carbonyl (C=O) groups is 1. The number of carbonyl (C=O) groups excluding carboxylic acids is 1. The molecule has 2 bridgehead atoms. The zero-order valence-corrected chi connectivity index (χ0v) is 17.3. The first-order valence-corrected chi connectivity index (χ1v) is 11.0. The van der Waals surface area contributed by atoms with Gasteiger partial charge in [0.2, 0.25) is 10.0 Å². The van der Waals surface area contributed by atoms with Crippen LogP contribution in [0.5, 0.6) is 5.75 Å². The molecular weight excluding hydrogens is 392 g/mol. The number of rotatable bonds is 4. The van der Waals surface area contributed by atoms with E-state index in [1.807, 2.05) is 13.0 Å². The average molecular weight is 416 g/mol. The summed E-state index contributed by atoms with van der Waals surface area (Å²) in [6.45, 7) is 3.05. The standard InChI is InChI=1S/C21H24N2O5S/c1-15-7-9-18(10-8-15)29(25,26)23-13-16-11-22(12-17(14-23)28-16)21(24)19-5-3-4-6-20(19)27-2/h3-10,16-17H,11-14H2,1-2H3/t16-,17+. The van der Waals surface area contributed by atoms with Crippen LogP contribution in [0.15, 0.2) is 53.4 Å². The van der Waals surface area contributed by atoms with Crippen molar-refractivity contribution in [2.24, 2.45) is 0 Å². The number of amides is 1. The highest BCUT2D eigenvalue weighted by Crippen LogP contribution is 2.27. The summed E-state index contributed by atoms with van der Waals surface area (Å²) < 4.78 is 38.8. The Hall–Kier alpha value is -2.42. The first-order chi connectivity index (χ1) is 13.9. The minimum absolute atomic E-state index is 0.129. The SMILES string of the molecule is COc1ccccc1C(=O)N1C[C@@H]2CN(S(=O)(=O)c3ccc(C)cc3)C[C@H](C1)O2. The van der Waals surface area contributed by atoms with Crippen LogP contribution >= 0.6 is 0 Å². The molecule has 8 heteroatoms. The van der Waals surface area contributed by atoms with Gasteiger partial charge in [-0.25, -0.2) is 8.42 Å². The molecule has 2 aromatic rings. The van der Waals surface area contributed by atoms with Gasteiger partial charge in [-0.1, -0.05) is 29.8 Å². The second-order valence-corrected chi connectivity index (χ2v) is 9.36. The van der Waals surface area contributed by atoms with E-state index in [4.69, 9.17) is 9.47 Å². The maximum atomic E-state index is 13.0. The number of aryl methyl sites for hydroxylation is 1. The molecule has 0 saturated carbocycles. The van der Waals surface area contributed by atoms with E-state index >= 15 is 0 Å². The van der Waals surface area contributed by atoms with Gasteiger partial charge < -0.3 is 14.4 Å². The Labute approximate surface area is 170 Å². The van der Waals surface area contributed by atoms with Gasteiger partial charge in [-0.2, -0.15) is 4.31 Å². The van der Waals surface area contributed by atoms with Crippen molar-refractivity contribution in [1.82, 2.24) is 9.21 Å². The molecule has 4 rings (SSSR count). The Morgan fingerprint density at radius 3 is 2.24 bits per heavy atom. The lowest BCUT2D eigenvalue weighted by molar-refractivity contribution is -0.113. The molecule has 2 fully saturated rings. The summed E-state index contributed by atoms with van der Waals surface area (Å²) in [6, 6.07) is 14.0. The Kier molecular flexibility index (Phi) is 5.33. The van der Waals surface area contributed by atoms with E-state index in [1.165, 1.54) is 11.4 Å². The maximum absolute atomic E-state index is 13.0. The Morgan fingerprint density at radius 2 is 1.62 bits per heavy atom. The van der Waals surface area contributed by atoms with Crippen LogP contribution in [-0.2, 0) is 14.8 Å². The van der Waals surface area contributed by atoms with E-state index in [0.717, 1.165) is 5.56 Å². The molecule has 0 aliphatic carbocycles. The number of morpholine rings is 2. The highest BCUT2D eigenvalue weighted by atomic mass is 32.2. The van der Waals surface area contributed by atoms with Gasteiger partial charge in [-0.3, -0.25) is 4.79 Å². The quantitative estimate of drug-likeness (QED) is 0.761. The van der Waals surface area contributed by atoms with E-state index in [1.54, 1.807) is 47.4 Å². The molecule has 154 valence electrons. The molecule has 2 atom stereocenters. The summed E-state index contributed by atoms with van der Waals surface area (Å²) in [5.74, 6) is 0.397. The fourth-order valence-corrected chi connectivity index (χ4v) is 5.37. The van der Waals surface area contributed by atoms with Gasteiger partial charge in [-0.15, -0.1) is 0 Å². The van der Waals surface area contributed by atoms with Crippen molar-refractivity contribution in [1.29, 1.82) is 0 Å². The zero-order chi connectivity index (χ0) is 20.6. The van der Waals surface area contributed by atoms with Crippen molar-refractivity contribution in [2.75, 3.05) is 33.3 Å². The van der Waals surface area contributed by atoms with Crippen molar-refractivity contribution < 1.29 is 22.7 Å². The third-order valence-electron chi connectivity index (χ3n) is 5.33. The minimum atomic E-state index is -3.59. The van der Waals surface area contributed by atoms with E-state index in [2.05, 4.69) is 0 Å². The Bertz CT molecular complexity index is 992. The van der Waals surface area contributed by atoms with Crippen molar-refractivity contribution in [2.45, 2.75) is 24.0 Å². The number of hydrogen-bond acceptors (Lipinski definition) is 5. The molecule has 0 aromatic heterocycles. The first kappa shape index (κ1) is 19.9. The lowest BCUT2D eigenvalue weighted by Crippen LogP contribution is -2.61. The van der Waals surface area contributed by atoms with Crippen LogP contribution in [-0.4, -0.2) is 69.0 Å². The molecule has 29 heavy (non-hydrogen) atoms. The smallest absolute Gasteiger partial charge is 0.257 e. The van der Waals surface area contributed by atoms with Gasteiger partial charge in [0.05, 0.1) is 29.8 Å². The second kappa shape index (κ2) is 7.78. The summed E-state index contributed by atoms with van der Waals surface area (Å²) in [5.41, 5.74) is 1.51. The molecule has 2 aliphatic heterocycles. The van der Waals surface area contributed by atoms with Crippen LogP contribution in [0.2, 0.25) is 0 Å². The summed E-state index contributed by atoms with van der Waals surface area (Å²) in [6.07, 6.45) is -0.720. The van der Waals surface area contributed by atoms with Crippen molar-refractivity contribution >= 4 is 15.9 Å². The normalized spacial score (nSPS) is 22.3. The Morgan fingerprint density at radius 1 is 1.00 bits per heavy atom. The molecule has 1 amide bonds. The van der Waals surface area contributed by atoms with Gasteiger partial charge in [0, 0.05) is 26.2 Å². The average Bonchev–Trinajstić information content (AvgIpc) is 2.72. The van der Waals surface area contributed by atoms with Crippen LogP contribution < -0.4 is 4.74 Å². The molecule has 0 unspecified atom stereocenters. The van der Waals surface area contributed by atoms with Gasteiger partial charge in [-0.05, 0) is 31.2 Å². The van der Waals surface area contributed by atoms with Crippen molar-refractivity contribution in [3.8, 4) is 5.75 Å². The number of sulfonamides is 1. The highest BCUT2D eigenvalue weighted by Gasteiger charge is 2.41. The lowest BCUT2D eigenvalue weighted by atomic mass is 10.1. The highest BCUT2D eigenvalue weighted by molar-refractivity contribution is 7.89. The van der Waals surface area contributed by atoms with Crippen LogP contribution in [0.4, 0.5) is 0 Å².